The molecule has 24 heavy (non-hydrogen) atoms. The molecule has 1 aliphatic carbocycles. The first-order chi connectivity index (χ1) is 11.6. The zero-order chi connectivity index (χ0) is 17.0. The summed E-state index contributed by atoms with van der Waals surface area (Å²) in [5.74, 6) is 0. The van der Waals surface area contributed by atoms with Gasteiger partial charge in [-0.2, -0.15) is 0 Å². The topological polar surface area (TPSA) is 0 Å². The van der Waals surface area contributed by atoms with Gasteiger partial charge in [-0.1, -0.05) is 85.9 Å². The summed E-state index contributed by atoms with van der Waals surface area (Å²) < 4.78 is 0. The first kappa shape index (κ1) is 17.8. The summed E-state index contributed by atoms with van der Waals surface area (Å²) in [6, 6.07) is 16.2. The molecule has 2 aromatic carbocycles. The summed E-state index contributed by atoms with van der Waals surface area (Å²) in [7, 11) is -0.491. The highest BCUT2D eigenvalue weighted by molar-refractivity contribution is 6.68. The van der Waals surface area contributed by atoms with Gasteiger partial charge >= 0.3 is 0 Å². The van der Waals surface area contributed by atoms with E-state index in [1.54, 1.807) is 10.4 Å². The molecule has 1 saturated carbocycles. The summed E-state index contributed by atoms with van der Waals surface area (Å²) in [5, 5.41) is 3.11. The van der Waals surface area contributed by atoms with E-state index >= 15 is 0 Å². The highest BCUT2D eigenvalue weighted by Crippen LogP contribution is 2.42. The number of benzene rings is 2. The van der Waals surface area contributed by atoms with Crippen LogP contribution in [0.3, 0.4) is 0 Å². The van der Waals surface area contributed by atoms with Crippen molar-refractivity contribution in [2.45, 2.75) is 63.7 Å². The maximum absolute atomic E-state index is 7.11. The van der Waals surface area contributed by atoms with Gasteiger partial charge in [0, 0.05) is 0 Å². The van der Waals surface area contributed by atoms with Crippen LogP contribution >= 0.6 is 11.6 Å². The summed E-state index contributed by atoms with van der Waals surface area (Å²) in [5.41, 5.74) is 4.39. The molecular formula is C22H29ClSi. The molecule has 0 heterocycles. The summed E-state index contributed by atoms with van der Waals surface area (Å²) in [6.45, 7) is 4.51. The SMILES string of the molecule is CCc1cc(CC)cc([SiH2]c2ccccc2C2(Cl)CCCCC2)c1. The Hall–Kier alpha value is -1.05. The Morgan fingerprint density at radius 1 is 0.917 bits per heavy atom. The Kier molecular flexibility index (Phi) is 5.83. The Morgan fingerprint density at radius 2 is 1.54 bits per heavy atom. The monoisotopic (exact) mass is 356 g/mol. The Bertz CT molecular complexity index is 664. The summed E-state index contributed by atoms with van der Waals surface area (Å²) in [6.07, 6.45) is 8.39. The third-order valence-electron chi connectivity index (χ3n) is 5.47. The molecule has 128 valence electrons. The molecule has 0 unspecified atom stereocenters. The second-order valence-electron chi connectivity index (χ2n) is 7.22. The highest BCUT2D eigenvalue weighted by atomic mass is 35.5. The van der Waals surface area contributed by atoms with Gasteiger partial charge in [0.1, 0.15) is 0 Å². The van der Waals surface area contributed by atoms with Gasteiger partial charge in [0.05, 0.1) is 14.4 Å². The summed E-state index contributed by atoms with van der Waals surface area (Å²) in [4.78, 5) is -0.113. The number of halogens is 1. The van der Waals surface area contributed by atoms with Gasteiger partial charge in [0.15, 0.2) is 0 Å². The lowest BCUT2D eigenvalue weighted by molar-refractivity contribution is 0.400. The van der Waals surface area contributed by atoms with Crippen molar-refractivity contribution in [3.8, 4) is 0 Å². The lowest BCUT2D eigenvalue weighted by Gasteiger charge is -2.33. The second-order valence-corrected chi connectivity index (χ2v) is 9.88. The molecule has 0 aromatic heterocycles. The molecule has 0 atom stereocenters. The molecule has 1 aliphatic rings. The van der Waals surface area contributed by atoms with Crippen LogP contribution in [0.25, 0.3) is 0 Å². The van der Waals surface area contributed by atoms with Gasteiger partial charge in [-0.05, 0) is 42.4 Å². The second kappa shape index (κ2) is 7.88. The maximum Gasteiger partial charge on any atom is 0.0879 e. The standard InChI is InChI=1S/C22H29ClSi/c1-3-17-14-18(4-2)16-19(15-17)24-21-11-7-6-10-20(21)22(23)12-8-5-9-13-22/h6-7,10-11,14-16H,3-5,8-9,12-13,24H2,1-2H3. The number of rotatable bonds is 5. The van der Waals surface area contributed by atoms with Gasteiger partial charge < -0.3 is 0 Å². The molecular weight excluding hydrogens is 328 g/mol. The zero-order valence-corrected chi connectivity index (χ0v) is 17.2. The highest BCUT2D eigenvalue weighted by Gasteiger charge is 2.33. The number of alkyl halides is 1. The quantitative estimate of drug-likeness (QED) is 0.552. The molecule has 0 radical (unpaired) electrons. The van der Waals surface area contributed by atoms with Crippen molar-refractivity contribution in [3.05, 3.63) is 59.2 Å². The van der Waals surface area contributed by atoms with Crippen molar-refractivity contribution >= 4 is 31.5 Å². The minimum Gasteiger partial charge on any atom is -0.114 e. The Labute approximate surface area is 154 Å². The van der Waals surface area contributed by atoms with E-state index in [2.05, 4.69) is 56.3 Å². The van der Waals surface area contributed by atoms with E-state index < -0.39 is 9.52 Å². The van der Waals surface area contributed by atoms with Crippen LogP contribution < -0.4 is 10.4 Å². The average Bonchev–Trinajstić information content (AvgIpc) is 2.62. The smallest absolute Gasteiger partial charge is 0.0879 e. The van der Waals surface area contributed by atoms with Crippen LogP contribution in [0.15, 0.2) is 42.5 Å². The van der Waals surface area contributed by atoms with Crippen LogP contribution in [0.5, 0.6) is 0 Å². The molecule has 0 nitrogen and oxygen atoms in total. The van der Waals surface area contributed by atoms with E-state index in [-0.39, 0.29) is 4.87 Å². The van der Waals surface area contributed by atoms with Crippen LogP contribution in [0, 0.1) is 0 Å². The van der Waals surface area contributed by atoms with Crippen molar-refractivity contribution in [1.29, 1.82) is 0 Å². The number of hydrogen-bond acceptors (Lipinski definition) is 0. The lowest BCUT2D eigenvalue weighted by atomic mass is 9.83. The number of hydrogen-bond donors (Lipinski definition) is 0. The molecule has 3 rings (SSSR count). The number of aryl methyl sites for hydroxylation is 2. The minimum atomic E-state index is -0.491. The molecule has 0 spiro atoms. The molecule has 0 N–H and O–H groups in total. The fourth-order valence-electron chi connectivity index (χ4n) is 4.06. The van der Waals surface area contributed by atoms with Crippen LogP contribution in [-0.4, -0.2) is 9.52 Å². The van der Waals surface area contributed by atoms with E-state index in [1.807, 2.05) is 0 Å². The molecule has 1 fully saturated rings. The lowest BCUT2D eigenvalue weighted by Crippen LogP contribution is -2.36. The average molecular weight is 357 g/mol. The molecule has 0 bridgehead atoms. The van der Waals surface area contributed by atoms with Crippen LogP contribution in [0.1, 0.15) is 62.6 Å². The van der Waals surface area contributed by atoms with Gasteiger partial charge in [-0.15, -0.1) is 11.6 Å². The fraction of sp³-hybridized carbons (Fsp3) is 0.455. The van der Waals surface area contributed by atoms with Crippen molar-refractivity contribution in [2.75, 3.05) is 0 Å². The van der Waals surface area contributed by atoms with E-state index in [0.717, 1.165) is 25.7 Å². The van der Waals surface area contributed by atoms with E-state index in [4.69, 9.17) is 11.6 Å². The third kappa shape index (κ3) is 3.95. The Morgan fingerprint density at radius 3 is 2.17 bits per heavy atom. The fourth-order valence-corrected chi connectivity index (χ4v) is 6.70. The van der Waals surface area contributed by atoms with Crippen molar-refractivity contribution in [2.24, 2.45) is 0 Å². The van der Waals surface area contributed by atoms with Gasteiger partial charge in [-0.25, -0.2) is 0 Å². The molecule has 0 saturated heterocycles. The normalized spacial score (nSPS) is 17.5. The van der Waals surface area contributed by atoms with Crippen molar-refractivity contribution in [3.63, 3.8) is 0 Å². The van der Waals surface area contributed by atoms with E-state index in [0.29, 0.717) is 0 Å². The predicted molar refractivity (Wildman–Crippen MR) is 110 cm³/mol. The van der Waals surface area contributed by atoms with Gasteiger partial charge in [-0.3, -0.25) is 0 Å². The summed E-state index contributed by atoms with van der Waals surface area (Å²) >= 11 is 7.11. The minimum absolute atomic E-state index is 0.113. The van der Waals surface area contributed by atoms with Gasteiger partial charge in [0.25, 0.3) is 0 Å². The predicted octanol–water partition coefficient (Wildman–Crippen LogP) is 4.33. The largest absolute Gasteiger partial charge is 0.114 e. The van der Waals surface area contributed by atoms with Crippen LogP contribution in [0.2, 0.25) is 0 Å². The van der Waals surface area contributed by atoms with Crippen molar-refractivity contribution in [1.82, 2.24) is 0 Å². The van der Waals surface area contributed by atoms with Crippen LogP contribution in [-0.2, 0) is 17.7 Å². The third-order valence-corrected chi connectivity index (χ3v) is 7.87. The van der Waals surface area contributed by atoms with Gasteiger partial charge in [0.2, 0.25) is 0 Å². The zero-order valence-electron chi connectivity index (χ0n) is 15.1. The first-order valence-electron chi connectivity index (χ1n) is 9.53. The first-order valence-corrected chi connectivity index (χ1v) is 11.3. The van der Waals surface area contributed by atoms with Crippen molar-refractivity contribution < 1.29 is 0 Å². The molecule has 0 amide bonds. The van der Waals surface area contributed by atoms with Crippen LogP contribution in [0.4, 0.5) is 0 Å². The molecule has 0 aliphatic heterocycles. The maximum atomic E-state index is 7.11. The molecule has 2 heteroatoms. The molecule has 2 aromatic rings. The van der Waals surface area contributed by atoms with E-state index in [1.165, 1.54) is 36.0 Å². The Balaban J connectivity index is 1.93. The van der Waals surface area contributed by atoms with E-state index in [9.17, 15) is 0 Å².